The summed E-state index contributed by atoms with van der Waals surface area (Å²) in [4.78, 5) is 0. The van der Waals surface area contributed by atoms with Crippen molar-refractivity contribution in [2.24, 2.45) is 0 Å². The van der Waals surface area contributed by atoms with Crippen molar-refractivity contribution in [3.8, 4) is 6.07 Å². The van der Waals surface area contributed by atoms with Gasteiger partial charge < -0.3 is 0 Å². The van der Waals surface area contributed by atoms with Gasteiger partial charge in [-0.1, -0.05) is 45.0 Å². The van der Waals surface area contributed by atoms with E-state index in [9.17, 15) is 0 Å². The number of benzene rings is 1. The lowest BCUT2D eigenvalue weighted by Crippen LogP contribution is -2.11. The van der Waals surface area contributed by atoms with Crippen molar-refractivity contribution < 1.29 is 0 Å². The van der Waals surface area contributed by atoms with Crippen LogP contribution in [0.25, 0.3) is 0 Å². The molecule has 1 nitrogen and oxygen atoms in total. The Kier molecular flexibility index (Phi) is 3.77. The molecule has 0 radical (unpaired) electrons. The quantitative estimate of drug-likeness (QED) is 0.700. The van der Waals surface area contributed by atoms with Crippen LogP contribution in [0.5, 0.6) is 0 Å². The predicted octanol–water partition coefficient (Wildman–Crippen LogP) is 3.66. The minimum absolute atomic E-state index is 0.175. The Bertz CT molecular complexity index is 354. The Morgan fingerprint density at radius 2 is 1.80 bits per heavy atom. The molecular formula is C13H16ClN. The lowest BCUT2D eigenvalue weighted by molar-refractivity contribution is 0.590. The maximum absolute atomic E-state index is 8.60. The number of alkyl halides is 1. The number of halogens is 1. The molecule has 0 amide bonds. The molecule has 0 aliphatic heterocycles. The molecule has 0 N–H and O–H groups in total. The fraction of sp³-hybridized carbons (Fsp3) is 0.462. The van der Waals surface area contributed by atoms with E-state index >= 15 is 0 Å². The number of hydrogen-bond donors (Lipinski definition) is 0. The second-order valence-corrected chi connectivity index (χ2v) is 5.27. The summed E-state index contributed by atoms with van der Waals surface area (Å²) < 4.78 is 0. The summed E-state index contributed by atoms with van der Waals surface area (Å²) in [6.07, 6.45) is 0.614. The van der Waals surface area contributed by atoms with Gasteiger partial charge in [0.1, 0.15) is 5.38 Å². The molecule has 0 bridgehead atoms. The van der Waals surface area contributed by atoms with E-state index in [2.05, 4.69) is 32.9 Å². The average molecular weight is 222 g/mol. The summed E-state index contributed by atoms with van der Waals surface area (Å²) in [5, 5.41) is 8.17. The normalized spacial score (nSPS) is 13.3. The highest BCUT2D eigenvalue weighted by atomic mass is 35.5. The molecule has 0 aliphatic carbocycles. The highest BCUT2D eigenvalue weighted by Gasteiger charge is 2.13. The SMILES string of the molecule is CC(C)(C)c1ccc(CC(Cl)C#N)cc1. The van der Waals surface area contributed by atoms with Gasteiger partial charge in [-0.05, 0) is 16.5 Å². The van der Waals surface area contributed by atoms with E-state index in [1.54, 1.807) is 0 Å². The van der Waals surface area contributed by atoms with Crippen molar-refractivity contribution in [2.45, 2.75) is 38.0 Å². The molecule has 0 aromatic heterocycles. The Labute approximate surface area is 96.7 Å². The van der Waals surface area contributed by atoms with Crippen LogP contribution in [0.4, 0.5) is 0 Å². The topological polar surface area (TPSA) is 23.8 Å². The summed E-state index contributed by atoms with van der Waals surface area (Å²) in [7, 11) is 0. The van der Waals surface area contributed by atoms with Gasteiger partial charge in [-0.3, -0.25) is 0 Å². The lowest BCUT2D eigenvalue weighted by atomic mass is 9.86. The molecule has 0 fully saturated rings. The van der Waals surface area contributed by atoms with Crippen molar-refractivity contribution in [1.29, 1.82) is 5.26 Å². The monoisotopic (exact) mass is 221 g/mol. The largest absolute Gasteiger partial charge is 0.197 e. The van der Waals surface area contributed by atoms with Gasteiger partial charge in [0.15, 0.2) is 0 Å². The van der Waals surface area contributed by atoms with Gasteiger partial charge in [0, 0.05) is 6.42 Å². The molecule has 0 saturated heterocycles. The smallest absolute Gasteiger partial charge is 0.124 e. The average Bonchev–Trinajstić information content (AvgIpc) is 2.17. The molecule has 1 aromatic carbocycles. The summed E-state index contributed by atoms with van der Waals surface area (Å²) in [5.41, 5.74) is 2.59. The van der Waals surface area contributed by atoms with Crippen LogP contribution in [0, 0.1) is 11.3 Å². The number of nitriles is 1. The predicted molar refractivity (Wildman–Crippen MR) is 64.1 cm³/mol. The Morgan fingerprint density at radius 1 is 1.27 bits per heavy atom. The zero-order valence-electron chi connectivity index (χ0n) is 9.42. The fourth-order valence-corrected chi connectivity index (χ4v) is 1.57. The van der Waals surface area contributed by atoms with E-state index < -0.39 is 5.38 Å². The minimum Gasteiger partial charge on any atom is -0.197 e. The van der Waals surface area contributed by atoms with E-state index in [1.165, 1.54) is 5.56 Å². The molecule has 0 spiro atoms. The van der Waals surface area contributed by atoms with Crippen LogP contribution in [-0.2, 0) is 11.8 Å². The molecule has 0 heterocycles. The third-order valence-electron chi connectivity index (χ3n) is 2.37. The molecule has 0 saturated carbocycles. The summed E-state index contributed by atoms with van der Waals surface area (Å²) in [6.45, 7) is 6.55. The third-order valence-corrected chi connectivity index (χ3v) is 2.63. The zero-order chi connectivity index (χ0) is 11.5. The third kappa shape index (κ3) is 3.57. The first-order valence-corrected chi connectivity index (χ1v) is 5.50. The van der Waals surface area contributed by atoms with E-state index in [4.69, 9.17) is 16.9 Å². The van der Waals surface area contributed by atoms with E-state index in [0.29, 0.717) is 6.42 Å². The van der Waals surface area contributed by atoms with Crippen molar-refractivity contribution in [2.75, 3.05) is 0 Å². The Morgan fingerprint density at radius 3 is 2.20 bits per heavy atom. The number of rotatable bonds is 2. The summed E-state index contributed by atoms with van der Waals surface area (Å²) in [5.74, 6) is 0. The van der Waals surface area contributed by atoms with Crippen LogP contribution in [0.2, 0.25) is 0 Å². The molecule has 2 heteroatoms. The van der Waals surface area contributed by atoms with Crippen LogP contribution < -0.4 is 0 Å². The highest BCUT2D eigenvalue weighted by Crippen LogP contribution is 2.22. The Balaban J connectivity index is 2.78. The van der Waals surface area contributed by atoms with Crippen LogP contribution in [-0.4, -0.2) is 5.38 Å². The molecule has 1 aromatic rings. The number of nitrogens with zero attached hydrogens (tertiary/aromatic N) is 1. The molecule has 80 valence electrons. The standard InChI is InChI=1S/C13H16ClN/c1-13(2,3)11-6-4-10(5-7-11)8-12(14)9-15/h4-7,12H,8H2,1-3H3. The van der Waals surface area contributed by atoms with Gasteiger partial charge in [0.2, 0.25) is 0 Å². The summed E-state index contributed by atoms with van der Waals surface area (Å²) in [6, 6.07) is 10.3. The lowest BCUT2D eigenvalue weighted by Gasteiger charge is -2.19. The highest BCUT2D eigenvalue weighted by molar-refractivity contribution is 6.22. The number of hydrogen-bond acceptors (Lipinski definition) is 1. The maximum Gasteiger partial charge on any atom is 0.124 e. The Hall–Kier alpha value is -1.00. The first-order valence-electron chi connectivity index (χ1n) is 5.06. The second kappa shape index (κ2) is 4.68. The minimum atomic E-state index is -0.425. The van der Waals surface area contributed by atoms with E-state index in [1.807, 2.05) is 18.2 Å². The molecule has 1 atom stereocenters. The maximum atomic E-state index is 8.60. The molecule has 1 unspecified atom stereocenters. The van der Waals surface area contributed by atoms with Crippen molar-refractivity contribution in [3.63, 3.8) is 0 Å². The van der Waals surface area contributed by atoms with Crippen LogP contribution in [0.3, 0.4) is 0 Å². The van der Waals surface area contributed by atoms with Gasteiger partial charge in [-0.25, -0.2) is 0 Å². The van der Waals surface area contributed by atoms with Gasteiger partial charge in [-0.2, -0.15) is 5.26 Å². The van der Waals surface area contributed by atoms with Crippen molar-refractivity contribution in [1.82, 2.24) is 0 Å². The van der Waals surface area contributed by atoms with Crippen molar-refractivity contribution >= 4 is 11.6 Å². The zero-order valence-corrected chi connectivity index (χ0v) is 10.2. The second-order valence-electron chi connectivity index (χ2n) is 4.75. The van der Waals surface area contributed by atoms with Gasteiger partial charge in [-0.15, -0.1) is 11.6 Å². The van der Waals surface area contributed by atoms with E-state index in [-0.39, 0.29) is 5.41 Å². The fourth-order valence-electron chi connectivity index (χ4n) is 1.39. The van der Waals surface area contributed by atoms with Crippen molar-refractivity contribution in [3.05, 3.63) is 35.4 Å². The molecule has 15 heavy (non-hydrogen) atoms. The molecular weight excluding hydrogens is 206 g/mol. The van der Waals surface area contributed by atoms with Gasteiger partial charge in [0.05, 0.1) is 6.07 Å². The van der Waals surface area contributed by atoms with Gasteiger partial charge >= 0.3 is 0 Å². The first kappa shape index (κ1) is 12.1. The van der Waals surface area contributed by atoms with Gasteiger partial charge in [0.25, 0.3) is 0 Å². The summed E-state index contributed by atoms with van der Waals surface area (Å²) >= 11 is 5.77. The van der Waals surface area contributed by atoms with Crippen LogP contribution >= 0.6 is 11.6 Å². The van der Waals surface area contributed by atoms with E-state index in [0.717, 1.165) is 5.56 Å². The molecule has 1 rings (SSSR count). The van der Waals surface area contributed by atoms with Crippen LogP contribution in [0.15, 0.2) is 24.3 Å². The van der Waals surface area contributed by atoms with Crippen LogP contribution in [0.1, 0.15) is 31.9 Å². The first-order chi connectivity index (χ1) is 6.93. The molecule has 0 aliphatic rings.